The van der Waals surface area contributed by atoms with Crippen molar-refractivity contribution in [1.82, 2.24) is 0 Å². The Labute approximate surface area is 149 Å². The third-order valence-electron chi connectivity index (χ3n) is 3.94. The number of benzene rings is 3. The summed E-state index contributed by atoms with van der Waals surface area (Å²) in [6, 6.07) is 27.2. The van der Waals surface area contributed by atoms with E-state index < -0.39 is 0 Å². The zero-order valence-corrected chi connectivity index (χ0v) is 14.6. The predicted octanol–water partition coefficient (Wildman–Crippen LogP) is 5.25. The van der Waals surface area contributed by atoms with Crippen molar-refractivity contribution in [2.24, 2.45) is 4.99 Å². The Morgan fingerprint density at radius 1 is 0.826 bits per heavy atom. The van der Waals surface area contributed by atoms with Crippen LogP contribution in [-0.4, -0.2) is 5.71 Å². The number of aliphatic imine (C=N–C) groups is 1. The van der Waals surface area contributed by atoms with Crippen molar-refractivity contribution in [2.75, 3.05) is 5.32 Å². The van der Waals surface area contributed by atoms with E-state index in [1.807, 2.05) is 6.07 Å². The van der Waals surface area contributed by atoms with Crippen LogP contribution in [0.4, 0.5) is 5.69 Å². The first kappa shape index (κ1) is 14.5. The van der Waals surface area contributed by atoms with Gasteiger partial charge in [-0.25, -0.2) is 0 Å². The average Bonchev–Trinajstić information content (AvgIpc) is 2.61. The Morgan fingerprint density at radius 3 is 2.43 bits per heavy atom. The predicted molar refractivity (Wildman–Crippen MR) is 104 cm³/mol. The number of nitrogens with one attached hydrogen (secondary N) is 1. The number of nitrogens with zero attached hydrogens (tertiary/aromatic N) is 1. The van der Waals surface area contributed by atoms with E-state index in [0.717, 1.165) is 22.5 Å². The summed E-state index contributed by atoms with van der Waals surface area (Å²) in [5.74, 6) is 0. The molecule has 3 aromatic rings. The van der Waals surface area contributed by atoms with Gasteiger partial charge in [-0.3, -0.25) is 4.99 Å². The summed E-state index contributed by atoms with van der Waals surface area (Å²) in [4.78, 5) is 5.01. The first-order valence-electron chi connectivity index (χ1n) is 7.56. The molecule has 1 heterocycles. The quantitative estimate of drug-likeness (QED) is 0.574. The lowest BCUT2D eigenvalue weighted by Crippen LogP contribution is -2.20. The Hall–Kier alpha value is -2.14. The van der Waals surface area contributed by atoms with Gasteiger partial charge in [0.2, 0.25) is 0 Å². The molecule has 0 aromatic heterocycles. The van der Waals surface area contributed by atoms with Crippen molar-refractivity contribution in [3.8, 4) is 0 Å². The molecule has 3 heteroatoms. The fraction of sp³-hybridized carbons (Fsp3) is 0.0500. The molecule has 0 aliphatic carbocycles. The Morgan fingerprint density at radius 2 is 1.61 bits per heavy atom. The van der Waals surface area contributed by atoms with E-state index in [1.165, 1.54) is 9.13 Å². The number of para-hydroxylation sites is 1. The van der Waals surface area contributed by atoms with Gasteiger partial charge in [0.05, 0.1) is 5.71 Å². The molecule has 1 aliphatic rings. The van der Waals surface area contributed by atoms with Gasteiger partial charge >= 0.3 is 0 Å². The highest BCUT2D eigenvalue weighted by atomic mass is 127. The molecule has 23 heavy (non-hydrogen) atoms. The van der Waals surface area contributed by atoms with Gasteiger partial charge < -0.3 is 5.32 Å². The van der Waals surface area contributed by atoms with Crippen LogP contribution in [0, 0.1) is 3.57 Å². The van der Waals surface area contributed by atoms with Gasteiger partial charge in [-0.2, -0.15) is 0 Å². The minimum absolute atomic E-state index is 0.0603. The van der Waals surface area contributed by atoms with Gasteiger partial charge in [0.15, 0.2) is 0 Å². The molecule has 3 aromatic carbocycles. The molecular weight excluding hydrogens is 395 g/mol. The molecule has 112 valence electrons. The van der Waals surface area contributed by atoms with Crippen molar-refractivity contribution in [3.05, 3.63) is 99.1 Å². The molecule has 0 fully saturated rings. The minimum atomic E-state index is -0.0603. The molecule has 1 N–H and O–H groups in total. The van der Waals surface area contributed by atoms with Crippen LogP contribution in [0.1, 0.15) is 22.9 Å². The van der Waals surface area contributed by atoms with E-state index in [-0.39, 0.29) is 6.17 Å². The molecule has 0 bridgehead atoms. The van der Waals surface area contributed by atoms with Crippen LogP contribution >= 0.6 is 22.6 Å². The molecule has 0 amide bonds. The van der Waals surface area contributed by atoms with Crippen LogP contribution < -0.4 is 5.32 Å². The number of rotatable bonds is 2. The average molecular weight is 410 g/mol. The third kappa shape index (κ3) is 2.88. The Bertz CT molecular complexity index is 872. The normalized spacial score (nSPS) is 16.2. The summed E-state index contributed by atoms with van der Waals surface area (Å²) in [7, 11) is 0. The highest BCUT2D eigenvalue weighted by Crippen LogP contribution is 2.32. The van der Waals surface area contributed by atoms with Gasteiger partial charge in [0, 0.05) is 20.4 Å². The molecule has 1 unspecified atom stereocenters. The Kier molecular flexibility index (Phi) is 3.87. The van der Waals surface area contributed by atoms with E-state index in [4.69, 9.17) is 4.99 Å². The van der Waals surface area contributed by atoms with Crippen molar-refractivity contribution >= 4 is 34.0 Å². The van der Waals surface area contributed by atoms with Gasteiger partial charge in [-0.05, 0) is 46.4 Å². The zero-order valence-electron chi connectivity index (χ0n) is 12.4. The lowest BCUT2D eigenvalue weighted by molar-refractivity contribution is 0.827. The molecular formula is C20H15IN2. The number of hydrogen-bond acceptors (Lipinski definition) is 2. The lowest BCUT2D eigenvalue weighted by Gasteiger charge is -2.26. The van der Waals surface area contributed by atoms with Crippen molar-refractivity contribution in [2.45, 2.75) is 6.17 Å². The van der Waals surface area contributed by atoms with Gasteiger partial charge in [0.25, 0.3) is 0 Å². The van der Waals surface area contributed by atoms with Crippen LogP contribution in [-0.2, 0) is 0 Å². The first-order valence-corrected chi connectivity index (χ1v) is 8.64. The largest absolute Gasteiger partial charge is 0.360 e. The monoisotopic (exact) mass is 410 g/mol. The topological polar surface area (TPSA) is 24.4 Å². The Balaban J connectivity index is 1.85. The van der Waals surface area contributed by atoms with Crippen molar-refractivity contribution in [3.63, 3.8) is 0 Å². The smallest absolute Gasteiger partial charge is 0.145 e. The highest BCUT2D eigenvalue weighted by Gasteiger charge is 2.22. The second kappa shape index (κ2) is 6.16. The van der Waals surface area contributed by atoms with Gasteiger partial charge in [-0.1, -0.05) is 60.7 Å². The third-order valence-corrected chi connectivity index (χ3v) is 4.62. The summed E-state index contributed by atoms with van der Waals surface area (Å²) in [5, 5.41) is 3.55. The second-order valence-corrected chi connectivity index (χ2v) is 6.74. The molecule has 0 spiro atoms. The molecule has 1 atom stereocenters. The van der Waals surface area contributed by atoms with E-state index in [9.17, 15) is 0 Å². The number of fused-ring (bicyclic) bond motifs is 1. The number of anilines is 1. The molecule has 0 saturated heterocycles. The number of hydrogen-bond donors (Lipinski definition) is 1. The summed E-state index contributed by atoms with van der Waals surface area (Å²) in [5.41, 5.74) is 5.66. The minimum Gasteiger partial charge on any atom is -0.360 e. The molecule has 4 rings (SSSR count). The molecule has 1 aliphatic heterocycles. The van der Waals surface area contributed by atoms with E-state index in [1.54, 1.807) is 0 Å². The first-order chi connectivity index (χ1) is 11.3. The summed E-state index contributed by atoms with van der Waals surface area (Å²) >= 11 is 2.34. The van der Waals surface area contributed by atoms with Crippen molar-refractivity contribution < 1.29 is 0 Å². The van der Waals surface area contributed by atoms with Crippen LogP contribution in [0.25, 0.3) is 0 Å². The van der Waals surface area contributed by atoms with E-state index >= 15 is 0 Å². The maximum absolute atomic E-state index is 5.01. The van der Waals surface area contributed by atoms with E-state index in [0.29, 0.717) is 0 Å². The van der Waals surface area contributed by atoms with Gasteiger partial charge in [-0.15, -0.1) is 0 Å². The fourth-order valence-corrected chi connectivity index (χ4v) is 3.42. The summed E-state index contributed by atoms with van der Waals surface area (Å²) in [6.07, 6.45) is -0.0603. The summed E-state index contributed by atoms with van der Waals surface area (Å²) < 4.78 is 1.22. The molecule has 2 nitrogen and oxygen atoms in total. The standard InChI is InChI=1S/C20H15IN2/c21-16-10-6-9-15(13-16)20-22-18-12-5-4-11-17(18)19(23-20)14-7-2-1-3-8-14/h1-13,20,22H. The fourth-order valence-electron chi connectivity index (χ4n) is 2.85. The second-order valence-electron chi connectivity index (χ2n) is 5.49. The lowest BCUT2D eigenvalue weighted by atomic mass is 9.97. The van der Waals surface area contributed by atoms with Crippen molar-refractivity contribution in [1.29, 1.82) is 0 Å². The maximum atomic E-state index is 5.01. The molecule has 0 radical (unpaired) electrons. The SMILES string of the molecule is Ic1cccc(C2N=C(c3ccccc3)c3ccccc3N2)c1. The van der Waals surface area contributed by atoms with Crippen LogP contribution in [0.2, 0.25) is 0 Å². The van der Waals surface area contributed by atoms with Crippen LogP contribution in [0.5, 0.6) is 0 Å². The van der Waals surface area contributed by atoms with Gasteiger partial charge in [0.1, 0.15) is 6.17 Å². The zero-order chi connectivity index (χ0) is 15.6. The molecule has 0 saturated carbocycles. The highest BCUT2D eigenvalue weighted by molar-refractivity contribution is 14.1. The van der Waals surface area contributed by atoms with Crippen LogP contribution in [0.3, 0.4) is 0 Å². The van der Waals surface area contributed by atoms with Crippen LogP contribution in [0.15, 0.2) is 83.9 Å². The number of halogens is 1. The maximum Gasteiger partial charge on any atom is 0.145 e. The van der Waals surface area contributed by atoms with E-state index in [2.05, 4.69) is 101 Å². The summed E-state index contributed by atoms with van der Waals surface area (Å²) in [6.45, 7) is 0.